The van der Waals surface area contributed by atoms with E-state index in [4.69, 9.17) is 10.5 Å². The Bertz CT molecular complexity index is 372. The van der Waals surface area contributed by atoms with Gasteiger partial charge in [-0.15, -0.1) is 13.2 Å². The van der Waals surface area contributed by atoms with Gasteiger partial charge in [-0.25, -0.2) is 0 Å². The maximum atomic E-state index is 8.00. The maximum Gasteiger partial charge on any atom is 0.106 e. The maximum absolute atomic E-state index is 8.00. The second kappa shape index (κ2) is 9.16. The minimum atomic E-state index is 0.902. The Morgan fingerprint density at radius 3 is 2.11 bits per heavy atom. The highest BCUT2D eigenvalue weighted by Gasteiger charge is 2.15. The Balaban J connectivity index is 0.000000741. The summed E-state index contributed by atoms with van der Waals surface area (Å²) in [6.45, 7) is 14.5. The first kappa shape index (κ1) is 17.2. The smallest absolute Gasteiger partial charge is 0.106 e. The molecule has 106 valence electrons. The highest BCUT2D eigenvalue weighted by Crippen LogP contribution is 2.24. The van der Waals surface area contributed by atoms with Crippen molar-refractivity contribution in [2.45, 2.75) is 6.92 Å². The van der Waals surface area contributed by atoms with E-state index in [9.17, 15) is 0 Å². The Kier molecular flexibility index (Phi) is 8.29. The van der Waals surface area contributed by atoms with Crippen molar-refractivity contribution < 1.29 is 4.79 Å². The number of likely N-dealkylation sites (N-methyl/N-ethyl adjacent to an activating group) is 1. The van der Waals surface area contributed by atoms with Gasteiger partial charge >= 0.3 is 0 Å². The van der Waals surface area contributed by atoms with Gasteiger partial charge in [0.05, 0.1) is 11.4 Å². The summed E-state index contributed by atoms with van der Waals surface area (Å²) in [6.07, 6.45) is 0. The molecule has 0 saturated carbocycles. The first-order chi connectivity index (χ1) is 9.16. The summed E-state index contributed by atoms with van der Waals surface area (Å²) in [6, 6.07) is 6.31. The fourth-order valence-electron chi connectivity index (χ4n) is 2.01. The van der Waals surface area contributed by atoms with Crippen LogP contribution in [0.5, 0.6) is 0 Å². The van der Waals surface area contributed by atoms with Crippen LogP contribution in [-0.2, 0) is 4.79 Å². The van der Waals surface area contributed by atoms with E-state index in [1.165, 1.54) is 11.3 Å². The average Bonchev–Trinajstić information content (AvgIpc) is 2.45. The van der Waals surface area contributed by atoms with Gasteiger partial charge in [0.25, 0.3) is 0 Å². The largest absolute Gasteiger partial charge is 0.397 e. The van der Waals surface area contributed by atoms with E-state index >= 15 is 0 Å². The van der Waals surface area contributed by atoms with Crippen LogP contribution in [0.25, 0.3) is 0 Å². The number of hydrogen-bond donors (Lipinski definition) is 1. The fraction of sp³-hybridized carbons (Fsp3) is 0.400. The van der Waals surface area contributed by atoms with Gasteiger partial charge < -0.3 is 20.3 Å². The normalized spacial score (nSPS) is 14.7. The predicted molar refractivity (Wildman–Crippen MR) is 83.7 cm³/mol. The standard InChI is InChI=1S/C12H19N3.C2H4.CH2O/c1-10-3-4-12(11(13)9-10)15-7-5-14(2)6-8-15;2*1-2/h3-4,9H,5-8,13H2,1-2H3;1-2H2;1H2. The van der Waals surface area contributed by atoms with Crippen molar-refractivity contribution in [2.24, 2.45) is 0 Å². The van der Waals surface area contributed by atoms with Crippen molar-refractivity contribution in [3.05, 3.63) is 36.9 Å². The molecule has 0 aromatic heterocycles. The highest BCUT2D eigenvalue weighted by molar-refractivity contribution is 5.68. The molecule has 2 rings (SSSR count). The lowest BCUT2D eigenvalue weighted by Gasteiger charge is -2.34. The van der Waals surface area contributed by atoms with Crippen LogP contribution >= 0.6 is 0 Å². The SMILES string of the molecule is C=C.C=O.Cc1ccc(N2CCN(C)CC2)c(N)c1. The number of carbonyl (C=O) groups is 1. The van der Waals surface area contributed by atoms with Gasteiger partial charge in [-0.05, 0) is 31.7 Å². The molecule has 1 aromatic rings. The molecule has 0 radical (unpaired) electrons. The van der Waals surface area contributed by atoms with E-state index in [2.05, 4.69) is 49.1 Å². The van der Waals surface area contributed by atoms with Crippen LogP contribution in [0.4, 0.5) is 11.4 Å². The van der Waals surface area contributed by atoms with Crippen molar-refractivity contribution in [3.8, 4) is 0 Å². The molecule has 2 N–H and O–H groups in total. The lowest BCUT2D eigenvalue weighted by Crippen LogP contribution is -2.44. The van der Waals surface area contributed by atoms with Gasteiger partial charge in [0.1, 0.15) is 6.79 Å². The van der Waals surface area contributed by atoms with Gasteiger partial charge in [-0.3, -0.25) is 0 Å². The van der Waals surface area contributed by atoms with E-state index in [-0.39, 0.29) is 0 Å². The van der Waals surface area contributed by atoms with Crippen LogP contribution < -0.4 is 10.6 Å². The molecular weight excluding hydrogens is 238 g/mol. The highest BCUT2D eigenvalue weighted by atomic mass is 16.1. The predicted octanol–water partition coefficient (Wildman–Crippen LogP) is 1.95. The number of carbonyl (C=O) groups excluding carboxylic acids is 1. The molecule has 1 aromatic carbocycles. The third-order valence-corrected chi connectivity index (χ3v) is 3.03. The number of piperazine rings is 1. The van der Waals surface area contributed by atoms with E-state index in [1.54, 1.807) is 0 Å². The molecule has 1 heterocycles. The third kappa shape index (κ3) is 5.14. The summed E-state index contributed by atoms with van der Waals surface area (Å²) in [4.78, 5) is 12.7. The first-order valence-electron chi connectivity index (χ1n) is 6.25. The summed E-state index contributed by atoms with van der Waals surface area (Å²) < 4.78 is 0. The van der Waals surface area contributed by atoms with Crippen molar-refractivity contribution in [1.82, 2.24) is 4.90 Å². The number of benzene rings is 1. The molecule has 4 nitrogen and oxygen atoms in total. The summed E-state index contributed by atoms with van der Waals surface area (Å²) in [5, 5.41) is 0. The lowest BCUT2D eigenvalue weighted by atomic mass is 10.1. The zero-order valence-corrected chi connectivity index (χ0v) is 12.1. The van der Waals surface area contributed by atoms with Gasteiger partial charge in [-0.2, -0.15) is 0 Å². The number of rotatable bonds is 1. The monoisotopic (exact) mass is 263 g/mol. The molecular formula is C15H25N3O. The molecule has 0 bridgehead atoms. The number of hydrogen-bond acceptors (Lipinski definition) is 4. The minimum absolute atomic E-state index is 0.902. The average molecular weight is 263 g/mol. The molecule has 1 saturated heterocycles. The molecule has 0 atom stereocenters. The third-order valence-electron chi connectivity index (χ3n) is 3.03. The van der Waals surface area contributed by atoms with Crippen LogP contribution in [0, 0.1) is 6.92 Å². The van der Waals surface area contributed by atoms with Gasteiger partial charge in [0.2, 0.25) is 0 Å². The van der Waals surface area contributed by atoms with Gasteiger partial charge in [0.15, 0.2) is 0 Å². The summed E-state index contributed by atoms with van der Waals surface area (Å²) in [5.41, 5.74) is 9.35. The number of anilines is 2. The van der Waals surface area contributed by atoms with Crippen LogP contribution in [0.2, 0.25) is 0 Å². The number of nitrogen functional groups attached to an aromatic ring is 1. The first-order valence-corrected chi connectivity index (χ1v) is 6.25. The van der Waals surface area contributed by atoms with Crippen molar-refractivity contribution in [3.63, 3.8) is 0 Å². The van der Waals surface area contributed by atoms with Gasteiger partial charge in [-0.1, -0.05) is 6.07 Å². The summed E-state index contributed by atoms with van der Waals surface area (Å²) >= 11 is 0. The van der Waals surface area contributed by atoms with Crippen LogP contribution in [0.15, 0.2) is 31.4 Å². The molecule has 0 spiro atoms. The Hall–Kier alpha value is -1.81. The molecule has 19 heavy (non-hydrogen) atoms. The van der Waals surface area contributed by atoms with E-state index in [1.807, 2.05) is 12.9 Å². The molecule has 0 unspecified atom stereocenters. The molecule has 0 amide bonds. The Morgan fingerprint density at radius 1 is 1.11 bits per heavy atom. The second-order valence-corrected chi connectivity index (χ2v) is 4.35. The van der Waals surface area contributed by atoms with Crippen LogP contribution in [0.3, 0.4) is 0 Å². The van der Waals surface area contributed by atoms with E-state index in [0.29, 0.717) is 0 Å². The number of nitrogens with two attached hydrogens (primary N) is 1. The summed E-state index contributed by atoms with van der Waals surface area (Å²) in [7, 11) is 2.16. The molecule has 0 aliphatic carbocycles. The lowest BCUT2D eigenvalue weighted by molar-refractivity contribution is -0.0979. The van der Waals surface area contributed by atoms with Crippen molar-refractivity contribution in [2.75, 3.05) is 43.9 Å². The Labute approximate surface area is 116 Å². The zero-order chi connectivity index (χ0) is 14.8. The minimum Gasteiger partial charge on any atom is -0.397 e. The number of aryl methyl sites for hydroxylation is 1. The van der Waals surface area contributed by atoms with Crippen molar-refractivity contribution >= 4 is 18.2 Å². The molecule has 1 aliphatic rings. The molecule has 1 aliphatic heterocycles. The van der Waals surface area contributed by atoms with Gasteiger partial charge in [0, 0.05) is 26.2 Å². The molecule has 1 fully saturated rings. The van der Waals surface area contributed by atoms with Crippen LogP contribution in [0.1, 0.15) is 5.56 Å². The van der Waals surface area contributed by atoms with Crippen molar-refractivity contribution in [1.29, 1.82) is 0 Å². The summed E-state index contributed by atoms with van der Waals surface area (Å²) in [5.74, 6) is 0. The number of nitrogens with zero attached hydrogens (tertiary/aromatic N) is 2. The topological polar surface area (TPSA) is 49.6 Å². The Morgan fingerprint density at radius 2 is 1.63 bits per heavy atom. The fourth-order valence-corrected chi connectivity index (χ4v) is 2.01. The van der Waals surface area contributed by atoms with E-state index in [0.717, 1.165) is 31.9 Å². The zero-order valence-electron chi connectivity index (χ0n) is 12.1. The quantitative estimate of drug-likeness (QED) is 0.621. The van der Waals surface area contributed by atoms with Crippen LogP contribution in [-0.4, -0.2) is 44.9 Å². The van der Waals surface area contributed by atoms with E-state index < -0.39 is 0 Å². The molecule has 4 heteroatoms. The second-order valence-electron chi connectivity index (χ2n) is 4.35.